The smallest absolute Gasteiger partial charge is 0.320 e. The number of hydrogen-bond donors (Lipinski definition) is 3. The van der Waals surface area contributed by atoms with Gasteiger partial charge in [0.1, 0.15) is 10.7 Å². The zero-order chi connectivity index (χ0) is 27.0. The van der Waals surface area contributed by atoms with Crippen LogP contribution in [0.4, 0.5) is 18.9 Å². The summed E-state index contributed by atoms with van der Waals surface area (Å²) in [5.74, 6) is -0.474. The Hall–Kier alpha value is -3.74. The van der Waals surface area contributed by atoms with Crippen LogP contribution in [0, 0.1) is 0 Å². The predicted molar refractivity (Wildman–Crippen MR) is 151 cm³/mol. The average Bonchev–Trinajstić information content (AvgIpc) is 3.69. The summed E-state index contributed by atoms with van der Waals surface area (Å²) in [5.41, 5.74) is 3.45. The molecule has 2 aromatic carbocycles. The molecule has 1 fully saturated rings. The molecule has 0 radical (unpaired) electrons. The number of rotatable bonds is 6. The first-order chi connectivity index (χ1) is 18.8. The molecule has 0 spiro atoms. The van der Waals surface area contributed by atoms with Crippen molar-refractivity contribution in [1.82, 2.24) is 30.3 Å². The molecule has 0 aliphatic carbocycles. The number of benzene rings is 2. The molecule has 1 aliphatic rings. The molecule has 208 valence electrons. The fourth-order valence-corrected chi connectivity index (χ4v) is 5.58. The van der Waals surface area contributed by atoms with Gasteiger partial charge in [0, 0.05) is 22.9 Å². The molecule has 3 aromatic heterocycles. The zero-order valence-corrected chi connectivity index (χ0v) is 22.7. The Morgan fingerprint density at radius 3 is 2.67 bits per heavy atom. The normalized spacial score (nSPS) is 14.3. The van der Waals surface area contributed by atoms with Crippen LogP contribution in [0.5, 0.6) is 0 Å². The van der Waals surface area contributed by atoms with Gasteiger partial charge in [-0.25, -0.2) is 4.98 Å². The lowest BCUT2D eigenvalue weighted by atomic mass is 9.99. The van der Waals surface area contributed by atoms with E-state index in [0.29, 0.717) is 5.69 Å². The van der Waals surface area contributed by atoms with Crippen LogP contribution in [0.25, 0.3) is 32.7 Å². The minimum absolute atomic E-state index is 0. The number of anilines is 1. The fraction of sp³-hybridized carbons (Fsp3) is 0.259. The summed E-state index contributed by atoms with van der Waals surface area (Å²) in [6.07, 6.45) is 0.874. The van der Waals surface area contributed by atoms with E-state index in [4.69, 9.17) is 0 Å². The van der Waals surface area contributed by atoms with E-state index in [2.05, 4.69) is 47.7 Å². The number of halogens is 4. The maximum atomic E-state index is 13.2. The molecule has 0 bridgehead atoms. The van der Waals surface area contributed by atoms with Gasteiger partial charge in [-0.05, 0) is 61.3 Å². The molecular formula is C27H25ClF3N7OS. The topological polar surface area (TPSA) is 103 Å². The number of alkyl halides is 3. The van der Waals surface area contributed by atoms with Crippen molar-refractivity contribution in [2.45, 2.75) is 32.0 Å². The van der Waals surface area contributed by atoms with Crippen molar-refractivity contribution in [2.24, 2.45) is 0 Å². The van der Waals surface area contributed by atoms with Gasteiger partial charge in [-0.2, -0.15) is 23.4 Å². The highest BCUT2D eigenvalue weighted by atomic mass is 35.5. The Morgan fingerprint density at radius 2 is 1.90 bits per heavy atom. The molecule has 13 heteroatoms. The largest absolute Gasteiger partial charge is 0.435 e. The summed E-state index contributed by atoms with van der Waals surface area (Å²) in [6, 6.07) is 13.0. The van der Waals surface area contributed by atoms with Crippen molar-refractivity contribution in [3.8, 4) is 21.8 Å². The van der Waals surface area contributed by atoms with Crippen LogP contribution in [-0.2, 0) is 12.7 Å². The maximum absolute atomic E-state index is 13.2. The highest BCUT2D eigenvalue weighted by molar-refractivity contribution is 7.13. The summed E-state index contributed by atoms with van der Waals surface area (Å²) >= 11 is 1.06. The third kappa shape index (κ3) is 5.88. The molecule has 0 saturated carbocycles. The second-order valence-electron chi connectivity index (χ2n) is 9.55. The van der Waals surface area contributed by atoms with E-state index in [0.717, 1.165) is 59.1 Å². The van der Waals surface area contributed by atoms with Gasteiger partial charge in [0.15, 0.2) is 5.69 Å². The molecule has 40 heavy (non-hydrogen) atoms. The van der Waals surface area contributed by atoms with E-state index in [9.17, 15) is 18.0 Å². The molecule has 1 amide bonds. The number of H-pyrrole nitrogens is 2. The van der Waals surface area contributed by atoms with Gasteiger partial charge < -0.3 is 5.32 Å². The molecular weight excluding hydrogens is 563 g/mol. The monoisotopic (exact) mass is 587 g/mol. The van der Waals surface area contributed by atoms with Crippen LogP contribution in [0.2, 0.25) is 0 Å². The molecule has 0 atom stereocenters. The lowest BCUT2D eigenvalue weighted by molar-refractivity contribution is -0.141. The van der Waals surface area contributed by atoms with Gasteiger partial charge >= 0.3 is 6.18 Å². The SMILES string of the molecule is Cl.O=C(Nc1cc2[nH]ncc2cc1-c1cccc(CN2CCCCC2)c1)c1csc(-c2cc(C(F)(F)F)n[nH]2)n1. The number of aromatic amines is 2. The minimum Gasteiger partial charge on any atom is -0.320 e. The second-order valence-corrected chi connectivity index (χ2v) is 10.4. The Morgan fingerprint density at radius 1 is 1.07 bits per heavy atom. The third-order valence-electron chi connectivity index (χ3n) is 6.75. The van der Waals surface area contributed by atoms with Crippen LogP contribution >= 0.6 is 23.7 Å². The first-order valence-corrected chi connectivity index (χ1v) is 13.4. The van der Waals surface area contributed by atoms with E-state index in [1.165, 1.54) is 30.2 Å². The number of nitrogens with one attached hydrogen (secondary N) is 3. The van der Waals surface area contributed by atoms with Crippen LogP contribution in [0.15, 0.2) is 54.0 Å². The van der Waals surface area contributed by atoms with E-state index in [-0.39, 0.29) is 28.8 Å². The summed E-state index contributed by atoms with van der Waals surface area (Å²) < 4.78 is 38.8. The number of thiazole rings is 1. The van der Waals surface area contributed by atoms with Gasteiger partial charge in [0.05, 0.1) is 23.1 Å². The molecule has 6 rings (SSSR count). The minimum atomic E-state index is -4.57. The maximum Gasteiger partial charge on any atom is 0.435 e. The standard InChI is InChI=1S/C27H24F3N7OS.ClH/c28-27(29,30)24-12-22(35-36-24)26-33-23(15-39-26)25(38)32-21-11-20-18(13-31-34-20)10-19(21)17-6-4-5-16(9-17)14-37-7-2-1-3-8-37;/h4-6,9-13,15H,1-3,7-8,14H2,(H,31,34)(H,32,38)(H,35,36);1H. The number of hydrogen-bond acceptors (Lipinski definition) is 6. The molecule has 4 heterocycles. The van der Waals surface area contributed by atoms with Gasteiger partial charge in [-0.15, -0.1) is 23.7 Å². The second kappa shape index (κ2) is 11.4. The zero-order valence-electron chi connectivity index (χ0n) is 21.1. The molecule has 1 saturated heterocycles. The number of amides is 1. The lowest BCUT2D eigenvalue weighted by Gasteiger charge is -2.26. The van der Waals surface area contributed by atoms with Gasteiger partial charge in [-0.1, -0.05) is 24.6 Å². The number of fused-ring (bicyclic) bond motifs is 1. The quantitative estimate of drug-likeness (QED) is 0.204. The van der Waals surface area contributed by atoms with Crippen LogP contribution in [0.3, 0.4) is 0 Å². The number of likely N-dealkylation sites (tertiary alicyclic amines) is 1. The van der Waals surface area contributed by atoms with E-state index >= 15 is 0 Å². The average molecular weight is 588 g/mol. The third-order valence-corrected chi connectivity index (χ3v) is 7.63. The highest BCUT2D eigenvalue weighted by Crippen LogP contribution is 2.34. The summed E-state index contributed by atoms with van der Waals surface area (Å²) in [5, 5.41) is 18.3. The van der Waals surface area contributed by atoms with Crippen LogP contribution in [-0.4, -0.2) is 49.3 Å². The number of carbonyl (C=O) groups excluding carboxylic acids is 1. The first kappa shape index (κ1) is 27.8. The Labute approximate surface area is 237 Å². The lowest BCUT2D eigenvalue weighted by Crippen LogP contribution is -2.29. The van der Waals surface area contributed by atoms with E-state index in [1.54, 1.807) is 6.20 Å². The van der Waals surface area contributed by atoms with E-state index < -0.39 is 17.8 Å². The number of nitrogens with zero attached hydrogens (tertiary/aromatic N) is 4. The van der Waals surface area contributed by atoms with Gasteiger partial charge in [0.2, 0.25) is 0 Å². The summed E-state index contributed by atoms with van der Waals surface area (Å²) in [4.78, 5) is 19.9. The molecule has 5 aromatic rings. The molecule has 0 unspecified atom stereocenters. The number of carbonyl (C=O) groups is 1. The summed E-state index contributed by atoms with van der Waals surface area (Å²) in [6.45, 7) is 3.06. The van der Waals surface area contributed by atoms with Crippen molar-refractivity contribution < 1.29 is 18.0 Å². The van der Waals surface area contributed by atoms with Crippen molar-refractivity contribution in [1.29, 1.82) is 0 Å². The Kier molecular flexibility index (Phi) is 7.92. The van der Waals surface area contributed by atoms with Gasteiger partial charge in [0.25, 0.3) is 5.91 Å². The first-order valence-electron chi connectivity index (χ1n) is 12.5. The van der Waals surface area contributed by atoms with Crippen LogP contribution < -0.4 is 5.32 Å². The predicted octanol–water partition coefficient (Wildman–Crippen LogP) is 6.76. The molecule has 8 nitrogen and oxygen atoms in total. The highest BCUT2D eigenvalue weighted by Gasteiger charge is 2.34. The number of aromatic nitrogens is 5. The molecule has 1 aliphatic heterocycles. The van der Waals surface area contributed by atoms with Crippen molar-refractivity contribution >= 4 is 46.2 Å². The summed E-state index contributed by atoms with van der Waals surface area (Å²) in [7, 11) is 0. The van der Waals surface area contributed by atoms with E-state index in [1.807, 2.05) is 24.3 Å². The van der Waals surface area contributed by atoms with Crippen molar-refractivity contribution in [3.05, 3.63) is 71.0 Å². The molecule has 3 N–H and O–H groups in total. The Bertz CT molecular complexity index is 1640. The van der Waals surface area contributed by atoms with Crippen molar-refractivity contribution in [2.75, 3.05) is 18.4 Å². The van der Waals surface area contributed by atoms with Gasteiger partial charge in [-0.3, -0.25) is 19.9 Å². The van der Waals surface area contributed by atoms with Crippen LogP contribution in [0.1, 0.15) is 41.0 Å². The Balaban J connectivity index is 0.00000323. The van der Waals surface area contributed by atoms with Crippen molar-refractivity contribution in [3.63, 3.8) is 0 Å². The fourth-order valence-electron chi connectivity index (χ4n) is 4.81. The number of piperidine rings is 1.